The summed E-state index contributed by atoms with van der Waals surface area (Å²) in [5.41, 5.74) is 2.70. The molecule has 0 bridgehead atoms. The van der Waals surface area contributed by atoms with E-state index in [9.17, 15) is 13.5 Å². The zero-order valence-electron chi connectivity index (χ0n) is 16.8. The molecule has 1 radical (unpaired) electrons. The number of aliphatic hydroxyl groups excluding tert-OH is 1. The van der Waals surface area contributed by atoms with E-state index in [2.05, 4.69) is 19.1 Å². The van der Waals surface area contributed by atoms with Crippen molar-refractivity contribution in [2.75, 3.05) is 17.1 Å². The minimum Gasteiger partial charge on any atom is -0.388 e. The van der Waals surface area contributed by atoms with Crippen molar-refractivity contribution in [3.05, 3.63) is 65.7 Å². The van der Waals surface area contributed by atoms with E-state index in [4.69, 9.17) is 0 Å². The molecule has 151 valence electrons. The first kappa shape index (κ1) is 25.3. The topological polar surface area (TPSA) is 57.6 Å². The Hall–Kier alpha value is -0.746. The maximum absolute atomic E-state index is 12.2. The van der Waals surface area contributed by atoms with E-state index in [1.807, 2.05) is 30.3 Å². The van der Waals surface area contributed by atoms with Gasteiger partial charge in [0.05, 0.1) is 18.0 Å². The molecule has 2 aromatic carbocycles. The number of benzene rings is 2. The van der Waals surface area contributed by atoms with Gasteiger partial charge < -0.3 is 5.11 Å². The minimum atomic E-state index is -3.35. The van der Waals surface area contributed by atoms with Crippen LogP contribution in [0.15, 0.2) is 48.5 Å². The molecule has 2 rings (SSSR count). The number of unbranched alkanes of at least 4 members (excludes halogenated alkanes) is 2. The van der Waals surface area contributed by atoms with Crippen molar-refractivity contribution in [1.82, 2.24) is 0 Å². The average molecular weight is 477 g/mol. The Morgan fingerprint density at radius 1 is 1.11 bits per heavy atom. The summed E-state index contributed by atoms with van der Waals surface area (Å²) in [6, 6.07) is 18.2. The van der Waals surface area contributed by atoms with Crippen molar-refractivity contribution in [3.8, 4) is 0 Å². The van der Waals surface area contributed by atoms with Gasteiger partial charge in [0.1, 0.15) is 0 Å². The summed E-state index contributed by atoms with van der Waals surface area (Å²) < 4.78 is 25.9. The molecule has 0 fully saturated rings. The van der Waals surface area contributed by atoms with Crippen molar-refractivity contribution in [2.45, 2.75) is 51.6 Å². The van der Waals surface area contributed by atoms with E-state index in [0.29, 0.717) is 12.2 Å². The van der Waals surface area contributed by atoms with Crippen LogP contribution in [0.2, 0.25) is 0 Å². The fourth-order valence-electron chi connectivity index (χ4n) is 3.08. The van der Waals surface area contributed by atoms with Gasteiger partial charge in [-0.1, -0.05) is 44.7 Å². The Balaban J connectivity index is 0.00000392. The quantitative estimate of drug-likeness (QED) is 0.383. The first-order chi connectivity index (χ1) is 12.9. The van der Waals surface area contributed by atoms with Gasteiger partial charge in [0.2, 0.25) is 10.0 Å². The SMILES string of the molecule is CCCCC(O)c1ccc(N(CCCCc2c[c-]ccc2)S(C)(=O)=O)cc1.[Y]. The van der Waals surface area contributed by atoms with Crippen LogP contribution in [0.5, 0.6) is 0 Å². The molecule has 0 heterocycles. The third-order valence-corrected chi connectivity index (χ3v) is 5.84. The van der Waals surface area contributed by atoms with Crippen LogP contribution in [0.3, 0.4) is 0 Å². The fraction of sp³-hybridized carbons (Fsp3) is 0.455. The van der Waals surface area contributed by atoms with Gasteiger partial charge in [-0.2, -0.15) is 35.9 Å². The molecule has 0 aromatic heterocycles. The molecular formula is C22H30NO3SY-. The Morgan fingerprint density at radius 3 is 2.39 bits per heavy atom. The van der Waals surface area contributed by atoms with Gasteiger partial charge in [-0.3, -0.25) is 4.31 Å². The molecule has 1 unspecified atom stereocenters. The van der Waals surface area contributed by atoms with Crippen LogP contribution >= 0.6 is 0 Å². The first-order valence-electron chi connectivity index (χ1n) is 9.62. The summed E-state index contributed by atoms with van der Waals surface area (Å²) in [5, 5.41) is 10.2. The number of sulfonamides is 1. The summed E-state index contributed by atoms with van der Waals surface area (Å²) in [6.45, 7) is 2.54. The number of hydrogen-bond acceptors (Lipinski definition) is 3. The second kappa shape index (κ2) is 12.7. The number of aryl methyl sites for hydroxylation is 1. The Morgan fingerprint density at radius 2 is 1.82 bits per heavy atom. The van der Waals surface area contributed by atoms with Crippen LogP contribution in [0.25, 0.3) is 0 Å². The van der Waals surface area contributed by atoms with Gasteiger partial charge in [0.25, 0.3) is 0 Å². The van der Waals surface area contributed by atoms with E-state index in [1.54, 1.807) is 12.1 Å². The van der Waals surface area contributed by atoms with E-state index in [1.165, 1.54) is 16.1 Å². The van der Waals surface area contributed by atoms with Crippen LogP contribution in [0, 0.1) is 6.07 Å². The molecule has 2 aromatic rings. The summed E-state index contributed by atoms with van der Waals surface area (Å²) >= 11 is 0. The number of rotatable bonds is 11. The third-order valence-electron chi connectivity index (χ3n) is 4.65. The summed E-state index contributed by atoms with van der Waals surface area (Å²) in [4.78, 5) is 0. The van der Waals surface area contributed by atoms with E-state index in [-0.39, 0.29) is 32.7 Å². The molecule has 4 nitrogen and oxygen atoms in total. The molecular weight excluding hydrogens is 447 g/mol. The monoisotopic (exact) mass is 477 g/mol. The summed E-state index contributed by atoms with van der Waals surface area (Å²) in [6.07, 6.45) is 6.09. The van der Waals surface area contributed by atoms with E-state index in [0.717, 1.165) is 44.1 Å². The van der Waals surface area contributed by atoms with Gasteiger partial charge in [-0.25, -0.2) is 8.42 Å². The summed E-state index contributed by atoms with van der Waals surface area (Å²) in [7, 11) is -3.35. The predicted octanol–water partition coefficient (Wildman–Crippen LogP) is 4.50. The molecule has 1 atom stereocenters. The van der Waals surface area contributed by atoms with Crippen molar-refractivity contribution >= 4 is 15.7 Å². The van der Waals surface area contributed by atoms with Crippen LogP contribution in [-0.2, 0) is 49.2 Å². The number of aliphatic hydroxyl groups is 1. The van der Waals surface area contributed by atoms with Crippen LogP contribution in [-0.4, -0.2) is 26.3 Å². The standard InChI is InChI=1S/C22H30NO3S.Y/c1-3-4-13-22(24)20-14-16-21(17-15-20)23(27(2,25)26)18-9-8-12-19-10-6-5-7-11-19;/h5-6,10-11,14-17,22,24H,3-4,8-9,12-13,18H2,1-2H3;/q-1;. The van der Waals surface area contributed by atoms with Gasteiger partial charge in [-0.05, 0) is 30.5 Å². The molecule has 1 N–H and O–H groups in total. The van der Waals surface area contributed by atoms with Crippen LogP contribution < -0.4 is 4.31 Å². The van der Waals surface area contributed by atoms with Crippen molar-refractivity contribution in [2.24, 2.45) is 0 Å². The van der Waals surface area contributed by atoms with E-state index >= 15 is 0 Å². The maximum atomic E-state index is 12.2. The second-order valence-corrected chi connectivity index (χ2v) is 8.86. The molecule has 28 heavy (non-hydrogen) atoms. The van der Waals surface area contributed by atoms with Gasteiger partial charge in [0.15, 0.2) is 0 Å². The number of hydrogen-bond donors (Lipinski definition) is 1. The maximum Gasteiger partial charge on any atom is 0.232 e. The van der Waals surface area contributed by atoms with Gasteiger partial charge in [-0.15, -0.1) is 0 Å². The smallest absolute Gasteiger partial charge is 0.232 e. The Labute approximate surface area is 195 Å². The normalized spacial score (nSPS) is 12.2. The van der Waals surface area contributed by atoms with Crippen molar-refractivity contribution < 1.29 is 46.2 Å². The fourth-order valence-corrected chi connectivity index (χ4v) is 4.05. The Bertz CT molecular complexity index is 779. The predicted molar refractivity (Wildman–Crippen MR) is 111 cm³/mol. The van der Waals surface area contributed by atoms with Crippen molar-refractivity contribution in [1.29, 1.82) is 0 Å². The molecule has 0 spiro atoms. The van der Waals surface area contributed by atoms with Crippen molar-refractivity contribution in [3.63, 3.8) is 0 Å². The van der Waals surface area contributed by atoms with Gasteiger partial charge >= 0.3 is 0 Å². The second-order valence-electron chi connectivity index (χ2n) is 6.95. The molecule has 6 heteroatoms. The molecule has 0 saturated heterocycles. The molecule has 0 aliphatic rings. The number of nitrogens with zero attached hydrogens (tertiary/aromatic N) is 1. The number of anilines is 1. The summed E-state index contributed by atoms with van der Waals surface area (Å²) in [5.74, 6) is 0. The molecule has 0 saturated carbocycles. The largest absolute Gasteiger partial charge is 0.388 e. The zero-order valence-corrected chi connectivity index (χ0v) is 20.5. The van der Waals surface area contributed by atoms with Crippen LogP contribution in [0.4, 0.5) is 5.69 Å². The zero-order chi connectivity index (χ0) is 19.7. The molecule has 0 amide bonds. The van der Waals surface area contributed by atoms with Gasteiger partial charge in [0, 0.05) is 39.3 Å². The first-order valence-corrected chi connectivity index (χ1v) is 11.5. The van der Waals surface area contributed by atoms with Crippen LogP contribution in [0.1, 0.15) is 56.3 Å². The minimum absolute atomic E-state index is 0. The molecule has 0 aliphatic carbocycles. The Kier molecular flexibility index (Phi) is 11.5. The average Bonchev–Trinajstić information content (AvgIpc) is 2.66. The van der Waals surface area contributed by atoms with E-state index < -0.39 is 16.1 Å². The molecule has 0 aliphatic heterocycles. The third kappa shape index (κ3) is 8.32.